The second-order valence-electron chi connectivity index (χ2n) is 6.31. The van der Waals surface area contributed by atoms with Gasteiger partial charge in [0.1, 0.15) is 5.82 Å². The third-order valence-corrected chi connectivity index (χ3v) is 5.18. The molecule has 1 amide bonds. The first-order valence-corrected chi connectivity index (χ1v) is 8.50. The number of hydrogen-bond donors (Lipinski definition) is 1. The predicted octanol–water partition coefficient (Wildman–Crippen LogP) is 4.40. The molecule has 0 bridgehead atoms. The molecule has 0 spiro atoms. The number of hydrogen-bond acceptors (Lipinski definition) is 4. The van der Waals surface area contributed by atoms with E-state index in [2.05, 4.69) is 10.3 Å². The number of aryl methyl sites for hydroxylation is 1. The number of nitro benzene ring substituents is 1. The number of aromatic nitrogens is 1. The van der Waals surface area contributed by atoms with Crippen molar-refractivity contribution in [3.05, 3.63) is 62.8 Å². The molecule has 1 aliphatic carbocycles. The normalized spacial score (nSPS) is 15.8. The van der Waals surface area contributed by atoms with E-state index in [1.165, 1.54) is 12.1 Å². The monoisotopic (exact) mass is 359 g/mol. The average Bonchev–Trinajstić information content (AvgIpc) is 3.09. The molecule has 6 nitrogen and oxygen atoms in total. The molecule has 1 fully saturated rings. The van der Waals surface area contributed by atoms with Crippen molar-refractivity contribution >= 4 is 29.0 Å². The number of pyridine rings is 1. The first kappa shape index (κ1) is 17.4. The summed E-state index contributed by atoms with van der Waals surface area (Å²) in [6.07, 6.45) is 3.31. The van der Waals surface area contributed by atoms with Crippen molar-refractivity contribution in [1.29, 1.82) is 0 Å². The molecule has 0 unspecified atom stereocenters. The van der Waals surface area contributed by atoms with Gasteiger partial charge in [-0.25, -0.2) is 4.98 Å². The van der Waals surface area contributed by atoms with E-state index in [0.29, 0.717) is 29.4 Å². The molecule has 25 heavy (non-hydrogen) atoms. The minimum Gasteiger partial charge on any atom is -0.310 e. The second kappa shape index (κ2) is 6.80. The van der Waals surface area contributed by atoms with Gasteiger partial charge in [0, 0.05) is 12.1 Å². The lowest BCUT2D eigenvalue weighted by molar-refractivity contribution is -0.384. The van der Waals surface area contributed by atoms with Crippen molar-refractivity contribution in [3.63, 3.8) is 0 Å². The van der Waals surface area contributed by atoms with Gasteiger partial charge >= 0.3 is 0 Å². The van der Waals surface area contributed by atoms with Gasteiger partial charge < -0.3 is 5.32 Å². The number of rotatable bonds is 4. The van der Waals surface area contributed by atoms with E-state index in [9.17, 15) is 14.9 Å². The predicted molar refractivity (Wildman–Crippen MR) is 95.9 cm³/mol. The molecular formula is C18H18ClN3O3. The van der Waals surface area contributed by atoms with E-state index in [-0.39, 0.29) is 11.6 Å². The fraction of sp³-hybridized carbons (Fsp3) is 0.333. The van der Waals surface area contributed by atoms with E-state index in [1.54, 1.807) is 31.2 Å². The summed E-state index contributed by atoms with van der Waals surface area (Å²) < 4.78 is 0. The minimum atomic E-state index is -0.676. The number of amides is 1. The topological polar surface area (TPSA) is 85.1 Å². The molecular weight excluding hydrogens is 342 g/mol. The number of anilines is 1. The highest BCUT2D eigenvalue weighted by atomic mass is 35.5. The lowest BCUT2D eigenvalue weighted by Crippen LogP contribution is -2.38. The molecule has 0 saturated heterocycles. The van der Waals surface area contributed by atoms with Gasteiger partial charge in [0.05, 0.1) is 21.1 Å². The summed E-state index contributed by atoms with van der Waals surface area (Å²) in [5.41, 5.74) is 0.797. The summed E-state index contributed by atoms with van der Waals surface area (Å²) in [5, 5.41) is 14.3. The van der Waals surface area contributed by atoms with Crippen LogP contribution in [0.2, 0.25) is 5.02 Å². The van der Waals surface area contributed by atoms with Crippen LogP contribution in [0, 0.1) is 17.0 Å². The molecule has 1 N–H and O–H groups in total. The summed E-state index contributed by atoms with van der Waals surface area (Å²) in [6, 6.07) is 9.65. The van der Waals surface area contributed by atoms with Crippen LogP contribution >= 0.6 is 11.6 Å². The van der Waals surface area contributed by atoms with E-state index in [0.717, 1.165) is 18.4 Å². The van der Waals surface area contributed by atoms with Crippen molar-refractivity contribution in [2.45, 2.75) is 38.0 Å². The number of carbonyl (C=O) groups is 1. The van der Waals surface area contributed by atoms with Crippen molar-refractivity contribution in [2.75, 3.05) is 5.32 Å². The van der Waals surface area contributed by atoms with Crippen molar-refractivity contribution in [3.8, 4) is 0 Å². The van der Waals surface area contributed by atoms with Crippen LogP contribution in [0.3, 0.4) is 0 Å². The van der Waals surface area contributed by atoms with Gasteiger partial charge in [-0.1, -0.05) is 36.6 Å². The molecule has 7 heteroatoms. The van der Waals surface area contributed by atoms with E-state index >= 15 is 0 Å². The maximum absolute atomic E-state index is 13.0. The van der Waals surface area contributed by atoms with Crippen LogP contribution in [0.1, 0.15) is 36.9 Å². The summed E-state index contributed by atoms with van der Waals surface area (Å²) in [6.45, 7) is 1.78. The highest BCUT2D eigenvalue weighted by Crippen LogP contribution is 2.42. The Bertz CT molecular complexity index is 815. The molecule has 1 aromatic carbocycles. The number of nitrogens with zero attached hydrogens (tertiary/aromatic N) is 2. The van der Waals surface area contributed by atoms with Gasteiger partial charge in [-0.2, -0.15) is 0 Å². The molecule has 1 aromatic heterocycles. The van der Waals surface area contributed by atoms with Gasteiger partial charge in [-0.3, -0.25) is 14.9 Å². The van der Waals surface area contributed by atoms with Gasteiger partial charge in [0.15, 0.2) is 0 Å². The van der Waals surface area contributed by atoms with Crippen molar-refractivity contribution in [1.82, 2.24) is 4.98 Å². The lowest BCUT2D eigenvalue weighted by Gasteiger charge is -2.28. The van der Waals surface area contributed by atoms with Crippen LogP contribution in [-0.4, -0.2) is 15.8 Å². The molecule has 0 atom stereocenters. The number of carbonyl (C=O) groups excluding carboxylic acids is 1. The molecule has 1 saturated carbocycles. The SMILES string of the molecule is Cc1nc(NC(=O)C2(c3ccc([N+](=O)[O-])cc3)CCCC2)ccc1Cl. The van der Waals surface area contributed by atoms with Gasteiger partial charge in [-0.05, 0) is 37.5 Å². The number of halogens is 1. The zero-order valence-electron chi connectivity index (χ0n) is 13.8. The van der Waals surface area contributed by atoms with Crippen LogP contribution in [0.4, 0.5) is 11.5 Å². The Morgan fingerprint density at radius 1 is 1.20 bits per heavy atom. The van der Waals surface area contributed by atoms with Gasteiger partial charge in [-0.15, -0.1) is 0 Å². The Balaban J connectivity index is 1.90. The zero-order valence-corrected chi connectivity index (χ0v) is 14.5. The number of benzene rings is 1. The Morgan fingerprint density at radius 3 is 2.40 bits per heavy atom. The molecule has 3 rings (SSSR count). The fourth-order valence-corrected chi connectivity index (χ4v) is 3.48. The molecule has 130 valence electrons. The number of nitro groups is 1. The smallest absolute Gasteiger partial charge is 0.269 e. The quantitative estimate of drug-likeness (QED) is 0.647. The van der Waals surface area contributed by atoms with E-state index < -0.39 is 10.3 Å². The Morgan fingerprint density at radius 2 is 1.84 bits per heavy atom. The molecule has 0 aliphatic heterocycles. The van der Waals surface area contributed by atoms with Crippen LogP contribution < -0.4 is 5.32 Å². The zero-order chi connectivity index (χ0) is 18.0. The largest absolute Gasteiger partial charge is 0.310 e. The summed E-state index contributed by atoms with van der Waals surface area (Å²) in [4.78, 5) is 27.7. The first-order chi connectivity index (χ1) is 11.9. The molecule has 1 heterocycles. The van der Waals surface area contributed by atoms with Gasteiger partial charge in [0.2, 0.25) is 5.91 Å². The standard InChI is InChI=1S/C18H18ClN3O3/c1-12-15(19)8-9-16(20-12)21-17(23)18(10-2-3-11-18)13-4-6-14(7-5-13)22(24)25/h4-9H,2-3,10-11H2,1H3,(H,20,21,23). The first-order valence-electron chi connectivity index (χ1n) is 8.12. The van der Waals surface area contributed by atoms with Crippen LogP contribution in [0.15, 0.2) is 36.4 Å². The third kappa shape index (κ3) is 3.35. The molecule has 2 aromatic rings. The Hall–Kier alpha value is -2.47. The molecule has 1 aliphatic rings. The third-order valence-electron chi connectivity index (χ3n) is 4.79. The van der Waals surface area contributed by atoms with Crippen LogP contribution in [0.5, 0.6) is 0 Å². The average molecular weight is 360 g/mol. The second-order valence-corrected chi connectivity index (χ2v) is 6.72. The number of non-ortho nitro benzene ring substituents is 1. The van der Waals surface area contributed by atoms with E-state index in [1.807, 2.05) is 0 Å². The maximum atomic E-state index is 13.0. The fourth-order valence-electron chi connectivity index (χ4n) is 3.38. The summed E-state index contributed by atoms with van der Waals surface area (Å²) in [5.74, 6) is 0.327. The van der Waals surface area contributed by atoms with Crippen molar-refractivity contribution in [2.24, 2.45) is 0 Å². The highest BCUT2D eigenvalue weighted by molar-refractivity contribution is 6.31. The summed E-state index contributed by atoms with van der Waals surface area (Å²) in [7, 11) is 0. The van der Waals surface area contributed by atoms with Crippen LogP contribution in [-0.2, 0) is 10.2 Å². The highest BCUT2D eigenvalue weighted by Gasteiger charge is 2.43. The molecule has 0 radical (unpaired) electrons. The van der Waals surface area contributed by atoms with Crippen molar-refractivity contribution < 1.29 is 9.72 Å². The minimum absolute atomic E-state index is 0.0206. The number of nitrogens with one attached hydrogen (secondary N) is 1. The van der Waals surface area contributed by atoms with Gasteiger partial charge in [0.25, 0.3) is 5.69 Å². The Kier molecular flexibility index (Phi) is 4.72. The summed E-state index contributed by atoms with van der Waals surface area (Å²) >= 11 is 5.98. The van der Waals surface area contributed by atoms with Crippen LogP contribution in [0.25, 0.3) is 0 Å². The lowest BCUT2D eigenvalue weighted by atomic mass is 9.78. The van der Waals surface area contributed by atoms with E-state index in [4.69, 9.17) is 11.6 Å². The maximum Gasteiger partial charge on any atom is 0.269 e. The Labute approximate surface area is 150 Å².